The Hall–Kier alpha value is -7.68. The van der Waals surface area contributed by atoms with Crippen molar-refractivity contribution in [3.05, 3.63) is 194 Å². The molecule has 0 N–H and O–H groups in total. The van der Waals surface area contributed by atoms with Gasteiger partial charge in [-0.3, -0.25) is 0 Å². The molecule has 0 radical (unpaired) electrons. The number of rotatable bonds is 3. The molecule has 2 nitrogen and oxygen atoms in total. The molecular formula is C56H32O2. The van der Waals surface area contributed by atoms with E-state index in [1.165, 1.54) is 76.3 Å². The van der Waals surface area contributed by atoms with Crippen molar-refractivity contribution in [2.75, 3.05) is 0 Å². The molecule has 0 spiro atoms. The first kappa shape index (κ1) is 31.5. The summed E-state index contributed by atoms with van der Waals surface area (Å²) in [6.07, 6.45) is 0. The van der Waals surface area contributed by atoms with Crippen LogP contribution in [0.2, 0.25) is 0 Å². The van der Waals surface area contributed by atoms with Gasteiger partial charge >= 0.3 is 0 Å². The lowest BCUT2D eigenvalue weighted by molar-refractivity contribution is 0.665. The maximum Gasteiger partial charge on any atom is 0.143 e. The zero-order chi connectivity index (χ0) is 37.9. The Labute approximate surface area is 332 Å². The highest BCUT2D eigenvalue weighted by Crippen LogP contribution is 2.46. The first-order chi connectivity index (χ1) is 28.7. The third-order valence-electron chi connectivity index (χ3n) is 12.4. The first-order valence-electron chi connectivity index (χ1n) is 19.9. The van der Waals surface area contributed by atoms with Crippen LogP contribution in [0.3, 0.4) is 0 Å². The molecule has 0 bridgehead atoms. The van der Waals surface area contributed by atoms with Crippen molar-refractivity contribution in [3.63, 3.8) is 0 Å². The molecule has 0 unspecified atom stereocenters. The van der Waals surface area contributed by atoms with Gasteiger partial charge in [-0.25, -0.2) is 0 Å². The Balaban J connectivity index is 0.934. The fourth-order valence-corrected chi connectivity index (χ4v) is 9.71. The quantitative estimate of drug-likeness (QED) is 0.169. The van der Waals surface area contributed by atoms with E-state index in [0.29, 0.717) is 0 Å². The van der Waals surface area contributed by atoms with Crippen molar-refractivity contribution in [1.29, 1.82) is 0 Å². The van der Waals surface area contributed by atoms with Gasteiger partial charge in [-0.05, 0) is 124 Å². The standard InChI is InChI=1S/C56H32O2/c1-3-13-40-33(10-1)12-9-19-42(40)55-45-17-7-5-15-43(45)54(44-16-6-8-18-46(44)55)39-23-22-35-28-36(20-21-37(35)29-39)38-25-27-51-48(30-38)50-32-53-49(31-52(50)57-51)47-26-24-34-11-2-4-14-41(34)56(47)58-53/h1-32H. The zero-order valence-corrected chi connectivity index (χ0v) is 31.3. The summed E-state index contributed by atoms with van der Waals surface area (Å²) in [5.41, 5.74) is 10.9. The van der Waals surface area contributed by atoms with Crippen molar-refractivity contribution in [3.8, 4) is 33.4 Å². The van der Waals surface area contributed by atoms with Crippen LogP contribution < -0.4 is 0 Å². The van der Waals surface area contributed by atoms with Gasteiger partial charge in [0.05, 0.1) is 0 Å². The van der Waals surface area contributed by atoms with E-state index in [4.69, 9.17) is 8.83 Å². The molecule has 13 aromatic rings. The van der Waals surface area contributed by atoms with Crippen LogP contribution in [0.1, 0.15) is 0 Å². The highest BCUT2D eigenvalue weighted by molar-refractivity contribution is 6.24. The Kier molecular flexibility index (Phi) is 6.47. The topological polar surface area (TPSA) is 26.3 Å². The second kappa shape index (κ2) is 11.9. The molecule has 268 valence electrons. The number of fused-ring (bicyclic) bond motifs is 12. The van der Waals surface area contributed by atoms with Crippen molar-refractivity contribution in [1.82, 2.24) is 0 Å². The van der Waals surface area contributed by atoms with Crippen LogP contribution in [0.5, 0.6) is 0 Å². The smallest absolute Gasteiger partial charge is 0.143 e. The van der Waals surface area contributed by atoms with Crippen LogP contribution in [-0.2, 0) is 0 Å². The van der Waals surface area contributed by atoms with E-state index in [-0.39, 0.29) is 0 Å². The summed E-state index contributed by atoms with van der Waals surface area (Å²) in [5, 5.41) is 16.6. The van der Waals surface area contributed by atoms with Gasteiger partial charge in [0.15, 0.2) is 0 Å². The normalized spacial score (nSPS) is 12.1. The van der Waals surface area contributed by atoms with Gasteiger partial charge in [0.2, 0.25) is 0 Å². The van der Waals surface area contributed by atoms with Gasteiger partial charge in [0, 0.05) is 26.9 Å². The maximum atomic E-state index is 6.54. The van der Waals surface area contributed by atoms with Crippen molar-refractivity contribution < 1.29 is 8.83 Å². The molecule has 0 aliphatic carbocycles. The molecule has 0 aliphatic heterocycles. The molecule has 2 heterocycles. The molecule has 58 heavy (non-hydrogen) atoms. The Morgan fingerprint density at radius 1 is 0.241 bits per heavy atom. The highest BCUT2D eigenvalue weighted by Gasteiger charge is 2.19. The summed E-state index contributed by atoms with van der Waals surface area (Å²) in [4.78, 5) is 0. The summed E-state index contributed by atoms with van der Waals surface area (Å²) in [5.74, 6) is 0. The van der Waals surface area contributed by atoms with Gasteiger partial charge in [-0.15, -0.1) is 0 Å². The average Bonchev–Trinajstić information content (AvgIpc) is 3.84. The minimum atomic E-state index is 0.867. The fraction of sp³-hybridized carbons (Fsp3) is 0. The van der Waals surface area contributed by atoms with Crippen molar-refractivity contribution in [2.24, 2.45) is 0 Å². The molecular weight excluding hydrogens is 705 g/mol. The summed E-state index contributed by atoms with van der Waals surface area (Å²) in [7, 11) is 0. The Bertz CT molecular complexity index is 3800. The molecule has 2 aromatic heterocycles. The molecule has 2 heteroatoms. The van der Waals surface area contributed by atoms with Crippen LogP contribution >= 0.6 is 0 Å². The summed E-state index contributed by atoms with van der Waals surface area (Å²) >= 11 is 0. The van der Waals surface area contributed by atoms with Crippen molar-refractivity contribution in [2.45, 2.75) is 0 Å². The van der Waals surface area contributed by atoms with E-state index in [1.54, 1.807) is 0 Å². The number of benzene rings is 11. The predicted octanol–water partition coefficient (Wildman–Crippen LogP) is 16.3. The van der Waals surface area contributed by atoms with Crippen LogP contribution in [-0.4, -0.2) is 0 Å². The van der Waals surface area contributed by atoms with E-state index in [9.17, 15) is 0 Å². The molecule has 0 saturated heterocycles. The van der Waals surface area contributed by atoms with Crippen LogP contribution in [0.4, 0.5) is 0 Å². The van der Waals surface area contributed by atoms with E-state index in [2.05, 4.69) is 194 Å². The predicted molar refractivity (Wildman–Crippen MR) is 245 cm³/mol. The SMILES string of the molecule is c1ccc2c(-c3c4ccccc4c(-c4ccc5cc(-c6ccc7oc8cc9c(cc8c7c6)oc6c7ccccc7ccc96)ccc5c4)c4ccccc34)cccc2c1. The number of furan rings is 2. The molecule has 0 aliphatic rings. The van der Waals surface area contributed by atoms with E-state index >= 15 is 0 Å². The number of hydrogen-bond acceptors (Lipinski definition) is 2. The third-order valence-corrected chi connectivity index (χ3v) is 12.4. The van der Waals surface area contributed by atoms with Crippen LogP contribution in [0.15, 0.2) is 203 Å². The zero-order valence-electron chi connectivity index (χ0n) is 31.3. The number of hydrogen-bond donors (Lipinski definition) is 0. The lowest BCUT2D eigenvalue weighted by Crippen LogP contribution is -1.91. The van der Waals surface area contributed by atoms with Crippen molar-refractivity contribution >= 4 is 97.7 Å². The maximum absolute atomic E-state index is 6.54. The summed E-state index contributed by atoms with van der Waals surface area (Å²) in [6.45, 7) is 0. The summed E-state index contributed by atoms with van der Waals surface area (Å²) in [6, 6.07) is 70.5. The molecule has 11 aromatic carbocycles. The molecule has 0 saturated carbocycles. The van der Waals surface area contributed by atoms with E-state index in [1.807, 2.05) is 0 Å². The van der Waals surface area contributed by atoms with E-state index in [0.717, 1.165) is 54.8 Å². The van der Waals surface area contributed by atoms with E-state index < -0.39 is 0 Å². The minimum absolute atomic E-state index is 0.867. The van der Waals surface area contributed by atoms with Gasteiger partial charge in [-0.1, -0.05) is 152 Å². The van der Waals surface area contributed by atoms with Gasteiger partial charge < -0.3 is 8.83 Å². The van der Waals surface area contributed by atoms with Crippen LogP contribution in [0, 0.1) is 0 Å². The average molecular weight is 737 g/mol. The summed E-state index contributed by atoms with van der Waals surface area (Å²) < 4.78 is 13.0. The highest BCUT2D eigenvalue weighted by atomic mass is 16.3. The molecule has 0 fully saturated rings. The monoisotopic (exact) mass is 736 g/mol. The lowest BCUT2D eigenvalue weighted by atomic mass is 9.84. The molecule has 0 atom stereocenters. The van der Waals surface area contributed by atoms with Gasteiger partial charge in [-0.2, -0.15) is 0 Å². The Morgan fingerprint density at radius 2 is 0.741 bits per heavy atom. The second-order valence-corrected chi connectivity index (χ2v) is 15.6. The fourth-order valence-electron chi connectivity index (χ4n) is 9.71. The lowest BCUT2D eigenvalue weighted by Gasteiger charge is -2.19. The largest absolute Gasteiger partial charge is 0.456 e. The van der Waals surface area contributed by atoms with Gasteiger partial charge in [0.25, 0.3) is 0 Å². The second-order valence-electron chi connectivity index (χ2n) is 15.6. The van der Waals surface area contributed by atoms with Gasteiger partial charge in [0.1, 0.15) is 22.3 Å². The van der Waals surface area contributed by atoms with Crippen LogP contribution in [0.25, 0.3) is 131 Å². The third kappa shape index (κ3) is 4.54. The molecule has 13 rings (SSSR count). The molecule has 0 amide bonds. The first-order valence-corrected chi connectivity index (χ1v) is 19.9. The Morgan fingerprint density at radius 3 is 1.48 bits per heavy atom. The minimum Gasteiger partial charge on any atom is -0.456 e.